The lowest BCUT2D eigenvalue weighted by Gasteiger charge is -2.13. The molecule has 8 heteroatoms. The van der Waals surface area contributed by atoms with Crippen molar-refractivity contribution < 1.29 is 23.5 Å². The summed E-state index contributed by atoms with van der Waals surface area (Å²) in [4.78, 5) is 25.9. The zero-order valence-corrected chi connectivity index (χ0v) is 20.7. The number of hydrazone groups is 1. The number of fused-ring (bicyclic) bond motifs is 2. The van der Waals surface area contributed by atoms with Crippen molar-refractivity contribution in [2.45, 2.75) is 26.2 Å². The molecule has 0 saturated carbocycles. The molecule has 0 fully saturated rings. The van der Waals surface area contributed by atoms with Crippen molar-refractivity contribution in [3.63, 3.8) is 0 Å². The first-order valence-corrected chi connectivity index (χ1v) is 12.4. The molecule has 190 valence electrons. The van der Waals surface area contributed by atoms with Gasteiger partial charge in [-0.15, -0.1) is 0 Å². The van der Waals surface area contributed by atoms with Crippen LogP contribution in [0.15, 0.2) is 82.3 Å². The Kier molecular flexibility index (Phi) is 6.13. The lowest BCUT2D eigenvalue weighted by atomic mass is 9.93. The molecule has 0 unspecified atom stereocenters. The molecule has 8 nitrogen and oxygen atoms in total. The Hall–Kier alpha value is -4.85. The predicted octanol–water partition coefficient (Wildman–Crippen LogP) is 5.71. The first-order valence-electron chi connectivity index (χ1n) is 12.4. The monoisotopic (exact) mass is 507 g/mol. The van der Waals surface area contributed by atoms with Gasteiger partial charge in [0, 0.05) is 34.9 Å². The molecule has 2 aliphatic rings. The number of ether oxygens (including phenoxy) is 2. The minimum Gasteiger partial charge on any atom is -0.455 e. The molecule has 38 heavy (non-hydrogen) atoms. The van der Waals surface area contributed by atoms with Crippen LogP contribution >= 0.6 is 0 Å². The minimum absolute atomic E-state index is 0.161. The number of rotatable bonds is 5. The van der Waals surface area contributed by atoms with Gasteiger partial charge in [-0.05, 0) is 55.2 Å². The molecular weight excluding hydrogens is 482 g/mol. The van der Waals surface area contributed by atoms with Crippen LogP contribution in [0.3, 0.4) is 0 Å². The fourth-order valence-corrected chi connectivity index (χ4v) is 4.79. The van der Waals surface area contributed by atoms with Gasteiger partial charge in [-0.3, -0.25) is 9.59 Å². The van der Waals surface area contributed by atoms with E-state index in [-0.39, 0.29) is 24.4 Å². The topological polar surface area (TPSA) is 102 Å². The van der Waals surface area contributed by atoms with Crippen molar-refractivity contribution in [3.05, 3.63) is 101 Å². The molecule has 0 bridgehead atoms. The molecule has 0 spiro atoms. The molecule has 6 rings (SSSR count). The highest BCUT2D eigenvalue weighted by Gasteiger charge is 2.28. The van der Waals surface area contributed by atoms with E-state index >= 15 is 0 Å². The number of anilines is 1. The van der Waals surface area contributed by atoms with Gasteiger partial charge < -0.3 is 19.2 Å². The van der Waals surface area contributed by atoms with E-state index in [0.29, 0.717) is 52.6 Å². The number of carbonyl (C=O) groups excluding carboxylic acids is 2. The number of furan rings is 1. The standard InChI is InChI=1S/C30H25N3O5/c1-18-27-23(32-33-29(34)21-12-10-20(11-13-21)19-6-3-2-4-7-19)8-5-9-25(27)38-28(18)30(35)31-22-14-15-24-26(16-22)37-17-36-24/h2-4,6-7,10-16H,5,8-9,17H2,1H3,(H,31,35)(H,33,34)/b32-23+. The van der Waals surface area contributed by atoms with Crippen molar-refractivity contribution in [2.24, 2.45) is 5.10 Å². The molecule has 2 N–H and O–H groups in total. The second-order valence-corrected chi connectivity index (χ2v) is 9.17. The highest BCUT2D eigenvalue weighted by molar-refractivity contribution is 6.09. The Morgan fingerprint density at radius 1 is 0.842 bits per heavy atom. The molecule has 2 heterocycles. The van der Waals surface area contributed by atoms with Crippen LogP contribution in [0.2, 0.25) is 0 Å². The Balaban J connectivity index is 1.18. The summed E-state index contributed by atoms with van der Waals surface area (Å²) >= 11 is 0. The third-order valence-corrected chi connectivity index (χ3v) is 6.71. The number of hydrogen-bond donors (Lipinski definition) is 2. The van der Waals surface area contributed by atoms with Crippen molar-refractivity contribution in [1.82, 2.24) is 5.43 Å². The van der Waals surface area contributed by atoms with Crippen LogP contribution in [0.5, 0.6) is 11.5 Å². The fraction of sp³-hybridized carbons (Fsp3) is 0.167. The first kappa shape index (κ1) is 23.5. The van der Waals surface area contributed by atoms with E-state index < -0.39 is 0 Å². The number of hydrogen-bond acceptors (Lipinski definition) is 6. The van der Waals surface area contributed by atoms with Gasteiger partial charge in [0.25, 0.3) is 11.8 Å². The second kappa shape index (κ2) is 9.89. The minimum atomic E-state index is -0.363. The van der Waals surface area contributed by atoms with Crippen molar-refractivity contribution in [3.8, 4) is 22.6 Å². The van der Waals surface area contributed by atoms with E-state index in [4.69, 9.17) is 13.9 Å². The van der Waals surface area contributed by atoms with Gasteiger partial charge in [0.1, 0.15) is 5.76 Å². The Morgan fingerprint density at radius 3 is 2.42 bits per heavy atom. The molecule has 1 aliphatic heterocycles. The lowest BCUT2D eigenvalue weighted by molar-refractivity contribution is 0.0953. The molecule has 4 aromatic rings. The maximum atomic E-state index is 13.1. The van der Waals surface area contributed by atoms with Crippen LogP contribution < -0.4 is 20.2 Å². The summed E-state index contributed by atoms with van der Waals surface area (Å²) in [5, 5.41) is 7.30. The highest BCUT2D eigenvalue weighted by atomic mass is 16.7. The van der Waals surface area contributed by atoms with E-state index in [0.717, 1.165) is 23.1 Å². The summed E-state index contributed by atoms with van der Waals surface area (Å²) in [5.74, 6) is 1.49. The molecule has 3 aromatic carbocycles. The van der Waals surface area contributed by atoms with E-state index in [9.17, 15) is 9.59 Å². The number of benzene rings is 3. The third kappa shape index (κ3) is 4.52. The summed E-state index contributed by atoms with van der Waals surface area (Å²) in [6.07, 6.45) is 2.18. The zero-order valence-electron chi connectivity index (χ0n) is 20.7. The molecule has 0 radical (unpaired) electrons. The molecule has 1 aromatic heterocycles. The van der Waals surface area contributed by atoms with Crippen LogP contribution in [0.1, 0.15) is 50.6 Å². The number of nitrogens with one attached hydrogen (secondary N) is 2. The predicted molar refractivity (Wildman–Crippen MR) is 143 cm³/mol. The average molecular weight is 508 g/mol. The van der Waals surface area contributed by atoms with Crippen molar-refractivity contribution in [2.75, 3.05) is 12.1 Å². The average Bonchev–Trinajstić information content (AvgIpc) is 3.56. The Bertz CT molecular complexity index is 1560. The molecular formula is C30H25N3O5. The van der Waals surface area contributed by atoms with E-state index in [1.54, 1.807) is 30.3 Å². The first-order chi connectivity index (χ1) is 18.6. The van der Waals surface area contributed by atoms with Gasteiger partial charge in [-0.2, -0.15) is 5.10 Å². The maximum Gasteiger partial charge on any atom is 0.291 e. The van der Waals surface area contributed by atoms with Gasteiger partial charge in [0.2, 0.25) is 6.79 Å². The molecule has 0 atom stereocenters. The summed E-state index contributed by atoms with van der Waals surface area (Å²) in [5.41, 5.74) is 8.06. The van der Waals surface area contributed by atoms with Crippen molar-refractivity contribution >= 4 is 23.2 Å². The highest BCUT2D eigenvalue weighted by Crippen LogP contribution is 2.35. The second-order valence-electron chi connectivity index (χ2n) is 9.17. The normalized spacial score (nSPS) is 14.7. The van der Waals surface area contributed by atoms with Crippen LogP contribution in [0.25, 0.3) is 11.1 Å². The summed E-state index contributed by atoms with van der Waals surface area (Å²) in [7, 11) is 0. The van der Waals surface area contributed by atoms with Gasteiger partial charge in [-0.25, -0.2) is 5.43 Å². The van der Waals surface area contributed by atoms with Crippen LogP contribution in [-0.4, -0.2) is 24.3 Å². The third-order valence-electron chi connectivity index (χ3n) is 6.71. The number of carbonyl (C=O) groups is 2. The van der Waals surface area contributed by atoms with E-state index in [1.165, 1.54) is 0 Å². The smallest absolute Gasteiger partial charge is 0.291 e. The quantitative estimate of drug-likeness (QED) is 0.337. The van der Waals surface area contributed by atoms with Gasteiger partial charge >= 0.3 is 0 Å². The fourth-order valence-electron chi connectivity index (χ4n) is 4.79. The van der Waals surface area contributed by atoms with Crippen LogP contribution in [0, 0.1) is 6.92 Å². The van der Waals surface area contributed by atoms with Gasteiger partial charge in [0.15, 0.2) is 17.3 Å². The summed E-state index contributed by atoms with van der Waals surface area (Å²) in [6.45, 7) is 2.00. The van der Waals surface area contributed by atoms with E-state index in [2.05, 4.69) is 15.8 Å². The zero-order chi connectivity index (χ0) is 26.1. The Labute approximate surface area is 219 Å². The van der Waals surface area contributed by atoms with Crippen molar-refractivity contribution in [1.29, 1.82) is 0 Å². The van der Waals surface area contributed by atoms with Gasteiger partial charge in [-0.1, -0.05) is 42.5 Å². The van der Waals surface area contributed by atoms with Gasteiger partial charge in [0.05, 0.1) is 5.71 Å². The number of amides is 2. The number of aryl methyl sites for hydroxylation is 1. The van der Waals surface area contributed by atoms with Crippen LogP contribution in [-0.2, 0) is 6.42 Å². The molecule has 0 saturated heterocycles. The SMILES string of the molecule is Cc1c(C(=O)Nc2ccc3c(c2)OCO3)oc2c1/C(=N/NC(=O)c1ccc(-c3ccccc3)cc1)CCC2. The molecule has 2 amide bonds. The lowest BCUT2D eigenvalue weighted by Crippen LogP contribution is -2.22. The summed E-state index contributed by atoms with van der Waals surface area (Å²) < 4.78 is 16.7. The largest absolute Gasteiger partial charge is 0.455 e. The molecule has 1 aliphatic carbocycles. The maximum absolute atomic E-state index is 13.1. The Morgan fingerprint density at radius 2 is 1.61 bits per heavy atom. The summed E-state index contributed by atoms with van der Waals surface area (Å²) in [6, 6.07) is 22.6. The van der Waals surface area contributed by atoms with E-state index in [1.807, 2.05) is 49.4 Å². The van der Waals surface area contributed by atoms with Crippen LogP contribution in [0.4, 0.5) is 5.69 Å². The number of nitrogens with zero attached hydrogens (tertiary/aromatic N) is 1.